The molecular formula is C24H28N6O3. The number of carbonyl (C=O) groups is 2. The molecule has 33 heavy (non-hydrogen) atoms. The molecule has 172 valence electrons. The molecule has 9 nitrogen and oxygen atoms in total. The third-order valence-corrected chi connectivity index (χ3v) is 6.12. The van der Waals surface area contributed by atoms with Gasteiger partial charge in [-0.1, -0.05) is 25.1 Å². The van der Waals surface area contributed by atoms with Gasteiger partial charge in [0.25, 0.3) is 5.91 Å². The van der Waals surface area contributed by atoms with Crippen LogP contribution < -0.4 is 16.5 Å². The number of amidine groups is 1. The van der Waals surface area contributed by atoms with Gasteiger partial charge in [0, 0.05) is 30.1 Å². The van der Waals surface area contributed by atoms with Gasteiger partial charge in [-0.2, -0.15) is 5.10 Å². The predicted molar refractivity (Wildman–Crippen MR) is 128 cm³/mol. The summed E-state index contributed by atoms with van der Waals surface area (Å²) in [4.78, 5) is 26.0. The lowest BCUT2D eigenvalue weighted by Gasteiger charge is -2.33. The van der Waals surface area contributed by atoms with Crippen LogP contribution in [-0.4, -0.2) is 47.4 Å². The fourth-order valence-corrected chi connectivity index (χ4v) is 4.36. The van der Waals surface area contributed by atoms with E-state index in [1.807, 2.05) is 26.0 Å². The SMILES string of the molecule is C=CC(=O)N1CCC(N/C(=C2\C(=N)C(=O)NN=C2N)c2oc3ccc(C)cc3c2CC)CC1. The van der Waals surface area contributed by atoms with E-state index < -0.39 is 5.91 Å². The summed E-state index contributed by atoms with van der Waals surface area (Å²) in [7, 11) is 0. The molecule has 1 aromatic carbocycles. The second-order valence-electron chi connectivity index (χ2n) is 8.27. The van der Waals surface area contributed by atoms with Crippen LogP contribution in [0.5, 0.6) is 0 Å². The van der Waals surface area contributed by atoms with E-state index in [1.165, 1.54) is 6.08 Å². The number of piperidine rings is 1. The maximum Gasteiger partial charge on any atom is 0.290 e. The lowest BCUT2D eigenvalue weighted by molar-refractivity contribution is -0.127. The number of nitrogens with zero attached hydrogens (tertiary/aromatic N) is 2. The summed E-state index contributed by atoms with van der Waals surface area (Å²) in [6.45, 7) is 8.77. The largest absolute Gasteiger partial charge is 0.454 e. The molecule has 0 atom stereocenters. The molecule has 1 saturated heterocycles. The summed E-state index contributed by atoms with van der Waals surface area (Å²) in [6, 6.07) is 5.96. The zero-order valence-corrected chi connectivity index (χ0v) is 18.8. The van der Waals surface area contributed by atoms with Crippen molar-refractivity contribution in [3.8, 4) is 0 Å². The molecule has 9 heteroatoms. The van der Waals surface area contributed by atoms with Crippen molar-refractivity contribution in [2.75, 3.05) is 13.1 Å². The number of rotatable bonds is 5. The first-order chi connectivity index (χ1) is 15.8. The first-order valence-corrected chi connectivity index (χ1v) is 11.0. The molecule has 2 aliphatic heterocycles. The zero-order valence-electron chi connectivity index (χ0n) is 18.8. The quantitative estimate of drug-likeness (QED) is 0.520. The standard InChI is InChI=1S/C24H28N6O3/c1-4-15-16-12-13(3)6-7-17(16)33-22(15)21(19-20(25)24(32)29-28-23(19)26)27-14-8-10-30(11-9-14)18(31)5-2/h5-7,12,14,25,27H,2,4,8-11H2,1,3H3,(H2,26,28)(H,29,32)/b21-19+,25-20?. The first kappa shape index (κ1) is 22.3. The topological polar surface area (TPSA) is 137 Å². The van der Waals surface area contributed by atoms with Crippen LogP contribution in [0.3, 0.4) is 0 Å². The average molecular weight is 449 g/mol. The van der Waals surface area contributed by atoms with Crippen LogP contribution in [0, 0.1) is 12.3 Å². The Bertz CT molecular complexity index is 1210. The Morgan fingerprint density at radius 1 is 1.42 bits per heavy atom. The van der Waals surface area contributed by atoms with E-state index in [0.29, 0.717) is 43.8 Å². The number of hydrogen-bond donors (Lipinski definition) is 4. The molecule has 1 fully saturated rings. The van der Waals surface area contributed by atoms with Gasteiger partial charge in [-0.25, -0.2) is 5.43 Å². The Kier molecular flexibility index (Phi) is 6.04. The molecule has 1 aromatic heterocycles. The Balaban J connectivity index is 1.81. The van der Waals surface area contributed by atoms with Gasteiger partial charge in [-0.3, -0.25) is 15.0 Å². The van der Waals surface area contributed by atoms with Gasteiger partial charge in [0.2, 0.25) is 5.91 Å². The third kappa shape index (κ3) is 4.13. The van der Waals surface area contributed by atoms with Gasteiger partial charge >= 0.3 is 0 Å². The van der Waals surface area contributed by atoms with Gasteiger partial charge in [0.15, 0.2) is 11.6 Å². The maximum atomic E-state index is 12.3. The highest BCUT2D eigenvalue weighted by molar-refractivity contribution is 6.53. The van der Waals surface area contributed by atoms with Gasteiger partial charge in [0.1, 0.15) is 11.3 Å². The van der Waals surface area contributed by atoms with E-state index in [0.717, 1.165) is 22.1 Å². The number of nitrogens with one attached hydrogen (secondary N) is 3. The molecule has 0 saturated carbocycles. The van der Waals surface area contributed by atoms with E-state index in [2.05, 4.69) is 28.5 Å². The number of fused-ring (bicyclic) bond motifs is 1. The monoisotopic (exact) mass is 448 g/mol. The van der Waals surface area contributed by atoms with E-state index in [-0.39, 0.29) is 29.1 Å². The Morgan fingerprint density at radius 2 is 2.15 bits per heavy atom. The number of nitrogens with two attached hydrogens (primary N) is 1. The van der Waals surface area contributed by atoms with E-state index >= 15 is 0 Å². The Morgan fingerprint density at radius 3 is 2.82 bits per heavy atom. The highest BCUT2D eigenvalue weighted by Crippen LogP contribution is 2.33. The van der Waals surface area contributed by atoms with Crippen LogP contribution in [0.4, 0.5) is 0 Å². The molecule has 4 rings (SSSR count). The van der Waals surface area contributed by atoms with Gasteiger partial charge < -0.3 is 20.4 Å². The first-order valence-electron chi connectivity index (χ1n) is 11.0. The summed E-state index contributed by atoms with van der Waals surface area (Å²) in [5.74, 6) is -0.125. The molecule has 5 N–H and O–H groups in total. The highest BCUT2D eigenvalue weighted by atomic mass is 16.3. The minimum atomic E-state index is -0.630. The molecule has 2 aliphatic rings. The number of aryl methyl sites for hydroxylation is 2. The lowest BCUT2D eigenvalue weighted by Crippen LogP contribution is -2.46. The van der Waals surface area contributed by atoms with Crippen molar-refractivity contribution >= 4 is 40.0 Å². The van der Waals surface area contributed by atoms with Crippen molar-refractivity contribution in [3.63, 3.8) is 0 Å². The molecule has 0 radical (unpaired) electrons. The second kappa shape index (κ2) is 8.93. The second-order valence-corrected chi connectivity index (χ2v) is 8.27. The molecule has 2 amide bonds. The average Bonchev–Trinajstić information content (AvgIpc) is 3.18. The predicted octanol–water partition coefficient (Wildman–Crippen LogP) is 2.20. The molecule has 0 unspecified atom stereocenters. The van der Waals surface area contributed by atoms with Crippen LogP contribution >= 0.6 is 0 Å². The van der Waals surface area contributed by atoms with Gasteiger partial charge in [0.05, 0.1) is 11.3 Å². The fourth-order valence-electron chi connectivity index (χ4n) is 4.36. The van der Waals surface area contributed by atoms with E-state index in [4.69, 9.17) is 15.6 Å². The molecule has 0 spiro atoms. The van der Waals surface area contributed by atoms with Gasteiger partial charge in [-0.15, -0.1) is 0 Å². The molecular weight excluding hydrogens is 420 g/mol. The van der Waals surface area contributed by atoms with Crippen LogP contribution in [0.1, 0.15) is 36.7 Å². The number of likely N-dealkylation sites (tertiary alicyclic amines) is 1. The van der Waals surface area contributed by atoms with Crippen molar-refractivity contribution in [3.05, 3.63) is 53.3 Å². The number of hydrazone groups is 1. The zero-order chi connectivity index (χ0) is 23.7. The molecule has 0 bridgehead atoms. The molecule has 3 heterocycles. The molecule has 0 aliphatic carbocycles. The van der Waals surface area contributed by atoms with Crippen molar-refractivity contribution in [2.45, 2.75) is 39.2 Å². The lowest BCUT2D eigenvalue weighted by atomic mass is 9.97. The summed E-state index contributed by atoms with van der Waals surface area (Å²) >= 11 is 0. The summed E-state index contributed by atoms with van der Waals surface area (Å²) in [6.07, 6.45) is 3.39. The number of carbonyl (C=O) groups excluding carboxylic acids is 2. The van der Waals surface area contributed by atoms with Crippen LogP contribution in [0.2, 0.25) is 0 Å². The van der Waals surface area contributed by atoms with Crippen molar-refractivity contribution in [2.24, 2.45) is 10.8 Å². The van der Waals surface area contributed by atoms with E-state index in [9.17, 15) is 9.59 Å². The minimum absolute atomic E-state index is 0.00777. The van der Waals surface area contributed by atoms with Crippen molar-refractivity contribution in [1.82, 2.24) is 15.6 Å². The van der Waals surface area contributed by atoms with Crippen molar-refractivity contribution < 1.29 is 14.0 Å². The van der Waals surface area contributed by atoms with Crippen LogP contribution in [0.15, 0.2) is 45.9 Å². The highest BCUT2D eigenvalue weighted by Gasteiger charge is 2.32. The summed E-state index contributed by atoms with van der Waals surface area (Å²) in [5, 5.41) is 16.8. The summed E-state index contributed by atoms with van der Waals surface area (Å²) < 4.78 is 6.27. The van der Waals surface area contributed by atoms with Crippen LogP contribution in [0.25, 0.3) is 16.7 Å². The van der Waals surface area contributed by atoms with Crippen LogP contribution in [-0.2, 0) is 16.0 Å². The van der Waals surface area contributed by atoms with Gasteiger partial charge in [-0.05, 0) is 44.4 Å². The number of benzene rings is 1. The Labute approximate surface area is 191 Å². The fraction of sp³-hybridized carbons (Fsp3) is 0.333. The number of hydrogen-bond acceptors (Lipinski definition) is 7. The number of amides is 2. The van der Waals surface area contributed by atoms with E-state index in [1.54, 1.807) is 4.90 Å². The normalized spacial score (nSPS) is 18.7. The third-order valence-electron chi connectivity index (χ3n) is 6.12. The number of furan rings is 1. The smallest absolute Gasteiger partial charge is 0.290 e. The Hall–Kier alpha value is -3.88. The minimum Gasteiger partial charge on any atom is -0.454 e. The molecule has 2 aromatic rings. The van der Waals surface area contributed by atoms with Crippen molar-refractivity contribution in [1.29, 1.82) is 5.41 Å². The summed E-state index contributed by atoms with van der Waals surface area (Å²) in [5.41, 5.74) is 11.6. The maximum absolute atomic E-state index is 12.3.